The Hall–Kier alpha value is -2.21. The third-order valence-electron chi connectivity index (χ3n) is 4.56. The molecule has 1 N–H and O–H groups in total. The van der Waals surface area contributed by atoms with Crippen molar-refractivity contribution >= 4 is 21.8 Å². The van der Waals surface area contributed by atoms with Crippen molar-refractivity contribution in [3.63, 3.8) is 0 Å². The Bertz CT molecular complexity index is 821. The van der Waals surface area contributed by atoms with Gasteiger partial charge in [0.15, 0.2) is 11.5 Å². The van der Waals surface area contributed by atoms with Crippen molar-refractivity contribution in [1.82, 2.24) is 4.90 Å². The maximum absolute atomic E-state index is 12.2. The van der Waals surface area contributed by atoms with Gasteiger partial charge in [-0.3, -0.25) is 4.79 Å². The van der Waals surface area contributed by atoms with Crippen LogP contribution in [0.2, 0.25) is 0 Å². The lowest BCUT2D eigenvalue weighted by atomic mass is 9.87. The number of amides is 1. The largest absolute Gasteiger partial charge is 0.508 e. The van der Waals surface area contributed by atoms with Gasteiger partial charge in [-0.1, -0.05) is 15.9 Å². The molecule has 1 amide bonds. The SMILES string of the molecule is COc1cc2c(cc1OC)[C@@H](c1cc(Br)ccc1O)N(C(C)=O)CC2. The minimum absolute atomic E-state index is 0.0372. The maximum Gasteiger partial charge on any atom is 0.220 e. The van der Waals surface area contributed by atoms with E-state index in [4.69, 9.17) is 9.47 Å². The molecule has 0 saturated heterocycles. The van der Waals surface area contributed by atoms with Gasteiger partial charge in [0.2, 0.25) is 5.91 Å². The molecule has 0 aliphatic carbocycles. The number of benzene rings is 2. The van der Waals surface area contributed by atoms with Crippen LogP contribution in [0.5, 0.6) is 17.2 Å². The Labute approximate surface area is 155 Å². The molecule has 1 heterocycles. The van der Waals surface area contributed by atoms with E-state index >= 15 is 0 Å². The Balaban J connectivity index is 2.23. The minimum atomic E-state index is -0.376. The second-order valence-corrected chi connectivity index (χ2v) is 6.89. The zero-order valence-corrected chi connectivity index (χ0v) is 16.0. The minimum Gasteiger partial charge on any atom is -0.508 e. The third kappa shape index (κ3) is 3.18. The van der Waals surface area contributed by atoms with Crippen molar-refractivity contribution in [2.45, 2.75) is 19.4 Å². The monoisotopic (exact) mass is 405 g/mol. The van der Waals surface area contributed by atoms with E-state index in [2.05, 4.69) is 15.9 Å². The zero-order valence-electron chi connectivity index (χ0n) is 14.4. The average Bonchev–Trinajstić information content (AvgIpc) is 2.61. The molecule has 1 aliphatic rings. The second-order valence-electron chi connectivity index (χ2n) is 5.97. The molecule has 3 rings (SSSR count). The third-order valence-corrected chi connectivity index (χ3v) is 5.06. The van der Waals surface area contributed by atoms with Crippen LogP contribution in [0.1, 0.15) is 29.7 Å². The highest BCUT2D eigenvalue weighted by atomic mass is 79.9. The van der Waals surface area contributed by atoms with Crippen LogP contribution in [0.3, 0.4) is 0 Å². The smallest absolute Gasteiger partial charge is 0.220 e. The molecule has 0 bridgehead atoms. The number of phenolic OH excluding ortho intramolecular Hbond substituents is 1. The highest BCUT2D eigenvalue weighted by Crippen LogP contribution is 2.43. The summed E-state index contributed by atoms with van der Waals surface area (Å²) in [6, 6.07) is 8.73. The number of carbonyl (C=O) groups is 1. The predicted molar refractivity (Wildman–Crippen MR) is 98.3 cm³/mol. The first-order valence-corrected chi connectivity index (χ1v) is 8.76. The van der Waals surface area contributed by atoms with E-state index in [9.17, 15) is 9.90 Å². The van der Waals surface area contributed by atoms with E-state index in [1.807, 2.05) is 18.2 Å². The number of phenols is 1. The van der Waals surface area contributed by atoms with Gasteiger partial charge in [-0.2, -0.15) is 0 Å². The fourth-order valence-electron chi connectivity index (χ4n) is 3.36. The number of halogens is 1. The number of nitrogens with zero attached hydrogens (tertiary/aromatic N) is 1. The van der Waals surface area contributed by atoms with E-state index in [0.717, 1.165) is 22.0 Å². The first-order chi connectivity index (χ1) is 12.0. The Morgan fingerprint density at radius 1 is 1.16 bits per heavy atom. The topological polar surface area (TPSA) is 59.0 Å². The fourth-order valence-corrected chi connectivity index (χ4v) is 3.74. The molecule has 25 heavy (non-hydrogen) atoms. The summed E-state index contributed by atoms with van der Waals surface area (Å²) in [5.74, 6) is 1.38. The molecule has 0 saturated carbocycles. The summed E-state index contributed by atoms with van der Waals surface area (Å²) in [6.45, 7) is 2.13. The quantitative estimate of drug-likeness (QED) is 0.845. The van der Waals surface area contributed by atoms with E-state index in [1.54, 1.807) is 38.2 Å². The fraction of sp³-hybridized carbons (Fsp3) is 0.316. The van der Waals surface area contributed by atoms with Gasteiger partial charge in [0, 0.05) is 23.5 Å². The molecule has 0 spiro atoms. The van der Waals surface area contributed by atoms with Crippen LogP contribution in [0.25, 0.3) is 0 Å². The van der Waals surface area contributed by atoms with Gasteiger partial charge in [0.25, 0.3) is 0 Å². The van der Waals surface area contributed by atoms with Crippen molar-refractivity contribution in [1.29, 1.82) is 0 Å². The van der Waals surface area contributed by atoms with Gasteiger partial charge < -0.3 is 19.5 Å². The predicted octanol–water partition coefficient (Wildman–Crippen LogP) is 3.67. The highest BCUT2D eigenvalue weighted by molar-refractivity contribution is 9.10. The van der Waals surface area contributed by atoms with E-state index < -0.39 is 0 Å². The van der Waals surface area contributed by atoms with Crippen molar-refractivity contribution in [2.75, 3.05) is 20.8 Å². The van der Waals surface area contributed by atoms with Gasteiger partial charge in [-0.05, 0) is 47.9 Å². The summed E-state index contributed by atoms with van der Waals surface area (Å²) in [5, 5.41) is 10.4. The molecule has 1 aliphatic heterocycles. The molecule has 132 valence electrons. The van der Waals surface area contributed by atoms with E-state index in [0.29, 0.717) is 23.6 Å². The number of hydrogen-bond acceptors (Lipinski definition) is 4. The van der Waals surface area contributed by atoms with Crippen LogP contribution in [0.15, 0.2) is 34.8 Å². The number of hydrogen-bond donors (Lipinski definition) is 1. The number of ether oxygens (including phenoxy) is 2. The zero-order chi connectivity index (χ0) is 18.1. The molecular weight excluding hydrogens is 386 g/mol. The molecular formula is C19H20BrNO4. The number of carbonyl (C=O) groups excluding carboxylic acids is 1. The molecule has 0 aromatic heterocycles. The van der Waals surface area contributed by atoms with Crippen LogP contribution < -0.4 is 9.47 Å². The lowest BCUT2D eigenvalue weighted by Gasteiger charge is -2.38. The summed E-state index contributed by atoms with van der Waals surface area (Å²) in [7, 11) is 3.19. The standard InChI is InChI=1S/C19H20BrNO4/c1-11(22)21-7-6-12-8-17(24-2)18(25-3)10-14(12)19(21)15-9-13(20)4-5-16(15)23/h4-5,8-10,19,23H,6-7H2,1-3H3/t19-/m0/s1. The van der Waals surface area contributed by atoms with Crippen molar-refractivity contribution < 1.29 is 19.4 Å². The van der Waals surface area contributed by atoms with Gasteiger partial charge >= 0.3 is 0 Å². The summed E-state index contributed by atoms with van der Waals surface area (Å²) in [6.07, 6.45) is 0.723. The molecule has 0 fully saturated rings. The van der Waals surface area contributed by atoms with E-state index in [1.165, 1.54) is 0 Å². The van der Waals surface area contributed by atoms with Crippen LogP contribution in [0.4, 0.5) is 0 Å². The second kappa shape index (κ2) is 6.96. The normalized spacial score (nSPS) is 16.3. The lowest BCUT2D eigenvalue weighted by molar-refractivity contribution is -0.130. The maximum atomic E-state index is 12.2. The van der Waals surface area contributed by atoms with E-state index in [-0.39, 0.29) is 17.7 Å². The van der Waals surface area contributed by atoms with Gasteiger partial charge in [0.05, 0.1) is 20.3 Å². The number of aromatic hydroxyl groups is 1. The van der Waals surface area contributed by atoms with Gasteiger partial charge in [0.1, 0.15) is 5.75 Å². The van der Waals surface area contributed by atoms with Crippen LogP contribution >= 0.6 is 15.9 Å². The average molecular weight is 406 g/mol. The van der Waals surface area contributed by atoms with Crippen LogP contribution in [-0.2, 0) is 11.2 Å². The molecule has 0 unspecified atom stereocenters. The molecule has 6 heteroatoms. The summed E-state index contributed by atoms with van der Waals surface area (Å²) in [4.78, 5) is 14.0. The van der Waals surface area contributed by atoms with Crippen LogP contribution in [-0.4, -0.2) is 36.7 Å². The first kappa shape index (κ1) is 17.6. The molecule has 2 aromatic rings. The van der Waals surface area contributed by atoms with Crippen molar-refractivity contribution in [3.8, 4) is 17.2 Å². The van der Waals surface area contributed by atoms with Crippen molar-refractivity contribution in [2.24, 2.45) is 0 Å². The van der Waals surface area contributed by atoms with Crippen LogP contribution in [0, 0.1) is 0 Å². The highest BCUT2D eigenvalue weighted by Gasteiger charge is 2.33. The van der Waals surface area contributed by atoms with Gasteiger partial charge in [-0.15, -0.1) is 0 Å². The number of rotatable bonds is 3. The molecule has 0 radical (unpaired) electrons. The molecule has 1 atom stereocenters. The van der Waals surface area contributed by atoms with Crippen molar-refractivity contribution in [3.05, 3.63) is 51.5 Å². The molecule has 2 aromatic carbocycles. The number of fused-ring (bicyclic) bond motifs is 1. The summed E-state index contributed by atoms with van der Waals surface area (Å²) < 4.78 is 11.7. The van der Waals surface area contributed by atoms with Gasteiger partial charge in [-0.25, -0.2) is 0 Å². The summed E-state index contributed by atoms with van der Waals surface area (Å²) >= 11 is 3.45. The Morgan fingerprint density at radius 3 is 2.48 bits per heavy atom. The summed E-state index contributed by atoms with van der Waals surface area (Å²) in [5.41, 5.74) is 2.70. The first-order valence-electron chi connectivity index (χ1n) is 7.96. The number of methoxy groups -OCH3 is 2. The molecule has 5 nitrogen and oxygen atoms in total. The Morgan fingerprint density at radius 2 is 1.84 bits per heavy atom. The Kier molecular flexibility index (Phi) is 4.90. The lowest BCUT2D eigenvalue weighted by Crippen LogP contribution is -2.39.